The van der Waals surface area contributed by atoms with Crippen molar-refractivity contribution in [1.82, 2.24) is 5.32 Å². The summed E-state index contributed by atoms with van der Waals surface area (Å²) in [5.41, 5.74) is 4.08. The number of fused-ring (bicyclic) bond motifs is 1. The van der Waals surface area contributed by atoms with Gasteiger partial charge in [0.25, 0.3) is 0 Å². The summed E-state index contributed by atoms with van der Waals surface area (Å²) in [4.78, 5) is 12.8. The highest BCUT2D eigenvalue weighted by Crippen LogP contribution is 2.33. The van der Waals surface area contributed by atoms with Crippen LogP contribution in [0.5, 0.6) is 0 Å². The van der Waals surface area contributed by atoms with Crippen LogP contribution in [0.15, 0.2) is 78.9 Å². The summed E-state index contributed by atoms with van der Waals surface area (Å²) >= 11 is 0. The number of hydrogen-bond acceptors (Lipinski definition) is 4. The van der Waals surface area contributed by atoms with Crippen LogP contribution in [0.1, 0.15) is 31.2 Å². The van der Waals surface area contributed by atoms with E-state index < -0.39 is 0 Å². The van der Waals surface area contributed by atoms with Gasteiger partial charge in [0.2, 0.25) is 0 Å². The fourth-order valence-corrected chi connectivity index (χ4v) is 5.25. The Hall–Kier alpha value is -3.26. The third-order valence-corrected chi connectivity index (χ3v) is 7.24. The molecule has 0 aromatic heterocycles. The molecule has 0 spiro atoms. The van der Waals surface area contributed by atoms with Gasteiger partial charge in [-0.05, 0) is 73.1 Å². The maximum atomic E-state index is 13.2. The maximum Gasteiger partial charge on any atom is 0.319 e. The van der Waals surface area contributed by atoms with Crippen molar-refractivity contribution in [1.29, 1.82) is 0 Å². The standard InChI is InChI=1S/C30H33FN2O4/c31-23-11-13-24(14-12-23)32-30(35)33-26-18-29-28(17-15-25(19-34)36-29)37-27(26)16-8-20-6-9-22(10-7-20)21-4-2-1-3-5-21/h1-7,9-14,25-29,34H,8,15-19H2,(H2,32,33,35)/t25-,26-,27-,28+,29+/m1/s1. The molecular formula is C30H33FN2O4. The monoisotopic (exact) mass is 504 g/mol. The maximum absolute atomic E-state index is 13.2. The van der Waals surface area contributed by atoms with E-state index in [0.717, 1.165) is 25.7 Å². The Bertz CT molecular complexity index is 1160. The van der Waals surface area contributed by atoms with Gasteiger partial charge in [0.1, 0.15) is 5.82 Å². The summed E-state index contributed by atoms with van der Waals surface area (Å²) in [5.74, 6) is -0.359. The van der Waals surface area contributed by atoms with Crippen molar-refractivity contribution < 1.29 is 23.8 Å². The van der Waals surface area contributed by atoms with E-state index in [1.807, 2.05) is 18.2 Å². The molecule has 6 nitrogen and oxygen atoms in total. The van der Waals surface area contributed by atoms with Crippen molar-refractivity contribution in [3.05, 3.63) is 90.2 Å². The molecule has 0 saturated carbocycles. The predicted molar refractivity (Wildman–Crippen MR) is 141 cm³/mol. The highest BCUT2D eigenvalue weighted by atomic mass is 19.1. The summed E-state index contributed by atoms with van der Waals surface area (Å²) < 4.78 is 25.8. The van der Waals surface area contributed by atoms with Crippen LogP contribution < -0.4 is 10.6 Å². The molecule has 2 aliphatic rings. The van der Waals surface area contributed by atoms with Crippen molar-refractivity contribution in [2.24, 2.45) is 0 Å². The third-order valence-electron chi connectivity index (χ3n) is 7.24. The molecule has 2 amide bonds. The lowest BCUT2D eigenvalue weighted by Crippen LogP contribution is -2.58. The van der Waals surface area contributed by atoms with Crippen molar-refractivity contribution in [2.75, 3.05) is 11.9 Å². The zero-order chi connectivity index (χ0) is 25.6. The Morgan fingerprint density at radius 3 is 2.35 bits per heavy atom. The van der Waals surface area contributed by atoms with Crippen LogP contribution in [0, 0.1) is 5.82 Å². The number of carbonyl (C=O) groups is 1. The molecule has 2 heterocycles. The molecule has 5 rings (SSSR count). The quantitative estimate of drug-likeness (QED) is 0.407. The number of ether oxygens (including phenoxy) is 2. The fourth-order valence-electron chi connectivity index (χ4n) is 5.25. The van der Waals surface area contributed by atoms with E-state index >= 15 is 0 Å². The largest absolute Gasteiger partial charge is 0.394 e. The van der Waals surface area contributed by atoms with Crippen LogP contribution >= 0.6 is 0 Å². The van der Waals surface area contributed by atoms with Gasteiger partial charge in [0.05, 0.1) is 37.1 Å². The van der Waals surface area contributed by atoms with E-state index in [0.29, 0.717) is 12.1 Å². The van der Waals surface area contributed by atoms with Gasteiger partial charge in [-0.1, -0.05) is 54.6 Å². The molecule has 3 aromatic rings. The highest BCUT2D eigenvalue weighted by molar-refractivity contribution is 5.89. The normalized spacial score (nSPS) is 25.2. The first kappa shape index (κ1) is 25.4. The van der Waals surface area contributed by atoms with Crippen LogP contribution in [0.4, 0.5) is 14.9 Å². The second kappa shape index (κ2) is 11.9. The average molecular weight is 505 g/mol. The zero-order valence-corrected chi connectivity index (χ0v) is 20.7. The number of amides is 2. The molecule has 37 heavy (non-hydrogen) atoms. The lowest BCUT2D eigenvalue weighted by molar-refractivity contribution is -0.201. The molecule has 0 unspecified atom stereocenters. The Labute approximate surface area is 216 Å². The number of nitrogens with one attached hydrogen (secondary N) is 2. The molecular weight excluding hydrogens is 471 g/mol. The molecule has 194 valence electrons. The molecule has 2 fully saturated rings. The van der Waals surface area contributed by atoms with Crippen molar-refractivity contribution in [3.63, 3.8) is 0 Å². The Balaban J connectivity index is 1.24. The summed E-state index contributed by atoms with van der Waals surface area (Å²) in [6, 6.07) is 23.9. The number of hydrogen-bond donors (Lipinski definition) is 3. The molecule has 0 bridgehead atoms. The number of halogens is 1. The fraction of sp³-hybridized carbons (Fsp3) is 0.367. The number of carbonyl (C=O) groups excluding carboxylic acids is 1. The Morgan fingerprint density at radius 1 is 0.892 bits per heavy atom. The highest BCUT2D eigenvalue weighted by Gasteiger charge is 2.42. The Morgan fingerprint density at radius 2 is 1.62 bits per heavy atom. The number of aliphatic hydroxyl groups is 1. The van der Waals surface area contributed by atoms with E-state index in [2.05, 4.69) is 47.0 Å². The number of aliphatic hydroxyl groups excluding tert-OH is 1. The Kier molecular flexibility index (Phi) is 8.14. The minimum atomic E-state index is -0.370. The topological polar surface area (TPSA) is 79.8 Å². The third kappa shape index (κ3) is 6.55. The average Bonchev–Trinajstić information content (AvgIpc) is 2.93. The van der Waals surface area contributed by atoms with Crippen molar-refractivity contribution >= 4 is 11.7 Å². The van der Waals surface area contributed by atoms with Gasteiger partial charge in [-0.25, -0.2) is 9.18 Å². The zero-order valence-electron chi connectivity index (χ0n) is 20.7. The summed E-state index contributed by atoms with van der Waals surface area (Å²) in [7, 11) is 0. The van der Waals surface area contributed by atoms with Crippen LogP contribution in [0.25, 0.3) is 11.1 Å². The van der Waals surface area contributed by atoms with Gasteiger partial charge in [-0.3, -0.25) is 0 Å². The summed E-state index contributed by atoms with van der Waals surface area (Å²) in [5, 5.41) is 15.4. The minimum absolute atomic E-state index is 0.0191. The van der Waals surface area contributed by atoms with E-state index in [1.54, 1.807) is 0 Å². The molecule has 2 aliphatic heterocycles. The van der Waals surface area contributed by atoms with E-state index in [1.165, 1.54) is 41.0 Å². The van der Waals surface area contributed by atoms with Gasteiger partial charge in [-0.2, -0.15) is 0 Å². The molecule has 0 radical (unpaired) electrons. The van der Waals surface area contributed by atoms with Gasteiger partial charge < -0.3 is 25.2 Å². The van der Waals surface area contributed by atoms with E-state index in [-0.39, 0.29) is 48.9 Å². The first-order chi connectivity index (χ1) is 18.1. The SMILES string of the molecule is O=C(Nc1ccc(F)cc1)N[C@@H]1C[C@@H]2O[C@@H](CO)CC[C@@H]2O[C@@H]1CCc1ccc(-c2ccccc2)cc1. The number of aryl methyl sites for hydroxylation is 1. The lowest BCUT2D eigenvalue weighted by atomic mass is 9.88. The predicted octanol–water partition coefficient (Wildman–Crippen LogP) is 5.31. The second-order valence-corrected chi connectivity index (χ2v) is 9.82. The number of benzene rings is 3. The first-order valence-corrected chi connectivity index (χ1v) is 13.0. The van der Waals surface area contributed by atoms with Crippen LogP contribution in [-0.4, -0.2) is 48.2 Å². The second-order valence-electron chi connectivity index (χ2n) is 9.82. The summed E-state index contributed by atoms with van der Waals surface area (Å²) in [6.07, 6.45) is 3.15. The van der Waals surface area contributed by atoms with Gasteiger partial charge in [0.15, 0.2) is 0 Å². The minimum Gasteiger partial charge on any atom is -0.394 e. The lowest BCUT2D eigenvalue weighted by Gasteiger charge is -2.45. The smallest absolute Gasteiger partial charge is 0.319 e. The van der Waals surface area contributed by atoms with Crippen LogP contribution in [0.2, 0.25) is 0 Å². The van der Waals surface area contributed by atoms with Gasteiger partial charge in [0, 0.05) is 5.69 Å². The molecule has 3 N–H and O–H groups in total. The van der Waals surface area contributed by atoms with Crippen molar-refractivity contribution in [2.45, 2.75) is 62.6 Å². The van der Waals surface area contributed by atoms with Crippen LogP contribution in [-0.2, 0) is 15.9 Å². The molecule has 5 atom stereocenters. The molecule has 2 saturated heterocycles. The molecule has 3 aromatic carbocycles. The van der Waals surface area contributed by atoms with Gasteiger partial charge >= 0.3 is 6.03 Å². The summed E-state index contributed by atoms with van der Waals surface area (Å²) in [6.45, 7) is -0.0191. The van der Waals surface area contributed by atoms with Gasteiger partial charge in [-0.15, -0.1) is 0 Å². The van der Waals surface area contributed by atoms with E-state index in [9.17, 15) is 14.3 Å². The first-order valence-electron chi connectivity index (χ1n) is 13.0. The van der Waals surface area contributed by atoms with Crippen molar-refractivity contribution in [3.8, 4) is 11.1 Å². The number of anilines is 1. The van der Waals surface area contributed by atoms with E-state index in [4.69, 9.17) is 9.47 Å². The number of rotatable bonds is 7. The number of urea groups is 1. The molecule has 7 heteroatoms. The van der Waals surface area contributed by atoms with Crippen LogP contribution in [0.3, 0.4) is 0 Å². The molecule has 0 aliphatic carbocycles.